The molecule has 1 N–H and O–H groups in total. The van der Waals surface area contributed by atoms with Crippen molar-refractivity contribution in [1.82, 2.24) is 4.98 Å². The van der Waals surface area contributed by atoms with Gasteiger partial charge in [0.1, 0.15) is 5.82 Å². The summed E-state index contributed by atoms with van der Waals surface area (Å²) in [6.45, 7) is 5.30. The molecule has 0 spiro atoms. The van der Waals surface area contributed by atoms with Crippen molar-refractivity contribution in [2.45, 2.75) is 13.3 Å². The highest BCUT2D eigenvalue weighted by atomic mass is 15.2. The molecular formula is C17H21N3. The monoisotopic (exact) mass is 267 g/mol. The predicted molar refractivity (Wildman–Crippen MR) is 84.2 cm³/mol. The van der Waals surface area contributed by atoms with Crippen LogP contribution in [0.1, 0.15) is 12.1 Å². The highest BCUT2D eigenvalue weighted by Crippen LogP contribution is 2.23. The minimum Gasteiger partial charge on any atom is -0.371 e. The molecule has 1 saturated heterocycles. The fourth-order valence-corrected chi connectivity index (χ4v) is 2.76. The minimum atomic E-state index is 0.692. The lowest BCUT2D eigenvalue weighted by Gasteiger charge is -2.18. The van der Waals surface area contributed by atoms with Crippen molar-refractivity contribution in [1.29, 1.82) is 0 Å². The molecule has 1 aromatic carbocycles. The maximum Gasteiger partial charge on any atom is 0.126 e. The molecule has 3 nitrogen and oxygen atoms in total. The Bertz CT molecular complexity index is 553. The van der Waals surface area contributed by atoms with Gasteiger partial charge in [0.05, 0.1) is 0 Å². The van der Waals surface area contributed by atoms with Crippen LogP contribution in [0.4, 0.5) is 11.5 Å². The molecule has 0 amide bonds. The third-order valence-corrected chi connectivity index (χ3v) is 3.87. The lowest BCUT2D eigenvalue weighted by Crippen LogP contribution is -2.22. The molecule has 2 heterocycles. The number of nitrogens with one attached hydrogen (secondary N) is 1. The van der Waals surface area contributed by atoms with Gasteiger partial charge in [0.15, 0.2) is 0 Å². The molecule has 0 aliphatic carbocycles. The van der Waals surface area contributed by atoms with E-state index in [9.17, 15) is 0 Å². The van der Waals surface area contributed by atoms with Gasteiger partial charge in [-0.25, -0.2) is 4.98 Å². The van der Waals surface area contributed by atoms with Crippen LogP contribution in [0.25, 0.3) is 0 Å². The van der Waals surface area contributed by atoms with E-state index in [1.165, 1.54) is 12.1 Å². The molecule has 3 rings (SSSR count). The molecule has 1 atom stereocenters. The van der Waals surface area contributed by atoms with Crippen LogP contribution in [-0.4, -0.2) is 24.6 Å². The first kappa shape index (κ1) is 13.0. The van der Waals surface area contributed by atoms with E-state index in [2.05, 4.69) is 51.6 Å². The fraction of sp³-hybridized carbons (Fsp3) is 0.353. The van der Waals surface area contributed by atoms with Gasteiger partial charge >= 0.3 is 0 Å². The summed E-state index contributed by atoms with van der Waals surface area (Å²) in [5, 5.41) is 3.46. The SMILES string of the molecule is Cc1cccc(NCC2CCN(c3ccccc3)C2)n1. The summed E-state index contributed by atoms with van der Waals surface area (Å²) >= 11 is 0. The average molecular weight is 267 g/mol. The Hall–Kier alpha value is -2.03. The summed E-state index contributed by atoms with van der Waals surface area (Å²) < 4.78 is 0. The van der Waals surface area contributed by atoms with Crippen LogP contribution in [0.5, 0.6) is 0 Å². The normalized spacial score (nSPS) is 18.2. The van der Waals surface area contributed by atoms with Crippen molar-refractivity contribution < 1.29 is 0 Å². The van der Waals surface area contributed by atoms with Crippen LogP contribution >= 0.6 is 0 Å². The maximum atomic E-state index is 4.49. The Balaban J connectivity index is 1.53. The molecule has 3 heteroatoms. The number of nitrogens with zero attached hydrogens (tertiary/aromatic N) is 2. The maximum absolute atomic E-state index is 4.49. The van der Waals surface area contributed by atoms with Crippen molar-refractivity contribution >= 4 is 11.5 Å². The smallest absolute Gasteiger partial charge is 0.126 e. The summed E-state index contributed by atoms with van der Waals surface area (Å²) in [7, 11) is 0. The van der Waals surface area contributed by atoms with Gasteiger partial charge in [0, 0.05) is 31.0 Å². The van der Waals surface area contributed by atoms with Crippen LogP contribution in [0, 0.1) is 12.8 Å². The summed E-state index contributed by atoms with van der Waals surface area (Å²) in [5.41, 5.74) is 2.40. The molecule has 0 radical (unpaired) electrons. The van der Waals surface area contributed by atoms with E-state index in [-0.39, 0.29) is 0 Å². The first-order valence-electron chi connectivity index (χ1n) is 7.29. The molecule has 104 valence electrons. The van der Waals surface area contributed by atoms with Gasteiger partial charge in [-0.3, -0.25) is 0 Å². The molecule has 0 saturated carbocycles. The first-order chi connectivity index (χ1) is 9.81. The third-order valence-electron chi connectivity index (χ3n) is 3.87. The highest BCUT2D eigenvalue weighted by molar-refractivity contribution is 5.47. The van der Waals surface area contributed by atoms with Crippen LogP contribution < -0.4 is 10.2 Å². The number of hydrogen-bond acceptors (Lipinski definition) is 3. The van der Waals surface area contributed by atoms with Gasteiger partial charge in [-0.15, -0.1) is 0 Å². The van der Waals surface area contributed by atoms with E-state index in [0.29, 0.717) is 5.92 Å². The Morgan fingerprint density at radius 1 is 1.15 bits per heavy atom. The molecule has 2 aromatic rings. The van der Waals surface area contributed by atoms with E-state index >= 15 is 0 Å². The van der Waals surface area contributed by atoms with Gasteiger partial charge in [-0.1, -0.05) is 24.3 Å². The first-order valence-corrected chi connectivity index (χ1v) is 7.29. The van der Waals surface area contributed by atoms with Gasteiger partial charge in [-0.05, 0) is 43.5 Å². The summed E-state index contributed by atoms with van der Waals surface area (Å²) in [6.07, 6.45) is 1.24. The second-order valence-corrected chi connectivity index (χ2v) is 5.48. The predicted octanol–water partition coefficient (Wildman–Crippen LogP) is 3.33. The largest absolute Gasteiger partial charge is 0.371 e. The topological polar surface area (TPSA) is 28.2 Å². The van der Waals surface area contributed by atoms with Crippen molar-refractivity contribution in [3.63, 3.8) is 0 Å². The number of rotatable bonds is 4. The Kier molecular flexibility index (Phi) is 3.86. The summed E-state index contributed by atoms with van der Waals surface area (Å²) in [5.74, 6) is 1.68. The molecule has 1 aliphatic heterocycles. The standard InChI is InChI=1S/C17H21N3/c1-14-6-5-9-17(19-14)18-12-15-10-11-20(13-15)16-7-3-2-4-8-16/h2-9,15H,10-13H2,1H3,(H,18,19). The molecule has 1 fully saturated rings. The van der Waals surface area contributed by atoms with E-state index in [1.54, 1.807) is 0 Å². The van der Waals surface area contributed by atoms with Crippen molar-refractivity contribution in [3.8, 4) is 0 Å². The number of anilines is 2. The number of benzene rings is 1. The number of aryl methyl sites for hydroxylation is 1. The van der Waals surface area contributed by atoms with E-state index in [0.717, 1.165) is 31.1 Å². The highest BCUT2D eigenvalue weighted by Gasteiger charge is 2.22. The zero-order valence-corrected chi connectivity index (χ0v) is 11.9. The Morgan fingerprint density at radius 2 is 2.00 bits per heavy atom. The molecule has 20 heavy (non-hydrogen) atoms. The second kappa shape index (κ2) is 5.95. The second-order valence-electron chi connectivity index (χ2n) is 5.48. The van der Waals surface area contributed by atoms with Gasteiger partial charge in [0.2, 0.25) is 0 Å². The number of para-hydroxylation sites is 1. The van der Waals surface area contributed by atoms with Gasteiger partial charge < -0.3 is 10.2 Å². The lowest BCUT2D eigenvalue weighted by molar-refractivity contribution is 0.621. The Morgan fingerprint density at radius 3 is 2.80 bits per heavy atom. The minimum absolute atomic E-state index is 0.692. The number of aromatic nitrogens is 1. The summed E-state index contributed by atoms with van der Waals surface area (Å²) in [6, 6.07) is 16.8. The molecule has 0 bridgehead atoms. The summed E-state index contributed by atoms with van der Waals surface area (Å²) in [4.78, 5) is 6.95. The van der Waals surface area contributed by atoms with E-state index in [1.807, 2.05) is 19.1 Å². The molecule has 1 aromatic heterocycles. The van der Waals surface area contributed by atoms with Crippen LogP contribution in [-0.2, 0) is 0 Å². The third kappa shape index (κ3) is 3.10. The molecular weight excluding hydrogens is 246 g/mol. The number of pyridine rings is 1. The van der Waals surface area contributed by atoms with Crippen molar-refractivity contribution in [2.24, 2.45) is 5.92 Å². The fourth-order valence-electron chi connectivity index (χ4n) is 2.76. The van der Waals surface area contributed by atoms with Gasteiger partial charge in [-0.2, -0.15) is 0 Å². The lowest BCUT2D eigenvalue weighted by atomic mass is 10.1. The van der Waals surface area contributed by atoms with Crippen molar-refractivity contribution in [2.75, 3.05) is 29.9 Å². The van der Waals surface area contributed by atoms with Crippen LogP contribution in [0.3, 0.4) is 0 Å². The quantitative estimate of drug-likeness (QED) is 0.921. The zero-order chi connectivity index (χ0) is 13.8. The number of hydrogen-bond donors (Lipinski definition) is 1. The van der Waals surface area contributed by atoms with Crippen molar-refractivity contribution in [3.05, 3.63) is 54.2 Å². The van der Waals surface area contributed by atoms with Crippen LogP contribution in [0.2, 0.25) is 0 Å². The average Bonchev–Trinajstić information content (AvgIpc) is 2.95. The Labute approximate surface area is 120 Å². The van der Waals surface area contributed by atoms with Crippen LogP contribution in [0.15, 0.2) is 48.5 Å². The molecule has 1 aliphatic rings. The van der Waals surface area contributed by atoms with E-state index in [4.69, 9.17) is 0 Å². The van der Waals surface area contributed by atoms with E-state index < -0.39 is 0 Å². The molecule has 1 unspecified atom stereocenters. The zero-order valence-electron chi connectivity index (χ0n) is 11.9. The van der Waals surface area contributed by atoms with Gasteiger partial charge in [0.25, 0.3) is 0 Å².